The third kappa shape index (κ3) is 5.09. The van der Waals surface area contributed by atoms with Crippen molar-refractivity contribution in [3.63, 3.8) is 0 Å². The first-order chi connectivity index (χ1) is 12.1. The first-order valence-corrected chi connectivity index (χ1v) is 9.26. The van der Waals surface area contributed by atoms with E-state index >= 15 is 0 Å². The third-order valence-electron chi connectivity index (χ3n) is 5.17. The molecule has 2 aliphatic rings. The van der Waals surface area contributed by atoms with E-state index in [4.69, 9.17) is 4.74 Å². The molecule has 0 radical (unpaired) electrons. The Labute approximate surface area is 150 Å². The molecule has 6 heteroatoms. The normalized spacial score (nSPS) is 19.9. The zero-order valence-electron chi connectivity index (χ0n) is 15.5. The van der Waals surface area contributed by atoms with Crippen LogP contribution in [-0.4, -0.2) is 93.4 Å². The standard InChI is InChI=1S/C19H30N4O2/c1-17-3-5-18(6-4-17)22-11-13-23(14-12-22)19(24)25-16-15-21-9-7-20(2)8-10-21/h3-6H,7-16H2,1-2H3. The summed E-state index contributed by atoms with van der Waals surface area (Å²) in [5, 5.41) is 0. The second-order valence-corrected chi connectivity index (χ2v) is 7.07. The molecule has 2 saturated heterocycles. The van der Waals surface area contributed by atoms with Gasteiger partial charge in [-0.3, -0.25) is 4.90 Å². The summed E-state index contributed by atoms with van der Waals surface area (Å²) >= 11 is 0. The van der Waals surface area contributed by atoms with Crippen LogP contribution in [0.4, 0.5) is 10.5 Å². The van der Waals surface area contributed by atoms with Gasteiger partial charge in [-0.15, -0.1) is 0 Å². The van der Waals surface area contributed by atoms with Crippen molar-refractivity contribution in [3.05, 3.63) is 29.8 Å². The van der Waals surface area contributed by atoms with Gasteiger partial charge in [-0.2, -0.15) is 0 Å². The van der Waals surface area contributed by atoms with E-state index in [1.54, 1.807) is 0 Å². The number of hydrogen-bond donors (Lipinski definition) is 0. The minimum atomic E-state index is -0.169. The Morgan fingerprint density at radius 2 is 1.60 bits per heavy atom. The Morgan fingerprint density at radius 1 is 0.960 bits per heavy atom. The van der Waals surface area contributed by atoms with Gasteiger partial charge in [-0.25, -0.2) is 4.79 Å². The number of carbonyl (C=O) groups is 1. The Morgan fingerprint density at radius 3 is 2.24 bits per heavy atom. The van der Waals surface area contributed by atoms with Crippen LogP contribution in [0.15, 0.2) is 24.3 Å². The second kappa shape index (κ2) is 8.54. The number of anilines is 1. The number of benzene rings is 1. The number of aryl methyl sites for hydroxylation is 1. The van der Waals surface area contributed by atoms with Crippen molar-refractivity contribution in [2.45, 2.75) is 6.92 Å². The fraction of sp³-hybridized carbons (Fsp3) is 0.632. The summed E-state index contributed by atoms with van der Waals surface area (Å²) in [7, 11) is 2.15. The molecule has 0 unspecified atom stereocenters. The first-order valence-electron chi connectivity index (χ1n) is 9.26. The van der Waals surface area contributed by atoms with Crippen LogP contribution in [-0.2, 0) is 4.74 Å². The minimum absolute atomic E-state index is 0.169. The third-order valence-corrected chi connectivity index (χ3v) is 5.17. The summed E-state index contributed by atoms with van der Waals surface area (Å²) in [5.41, 5.74) is 2.50. The molecule has 2 fully saturated rings. The molecule has 0 N–H and O–H groups in total. The molecule has 1 aromatic rings. The Balaban J connectivity index is 1.36. The molecule has 0 bridgehead atoms. The Kier molecular flexibility index (Phi) is 6.15. The van der Waals surface area contributed by atoms with E-state index < -0.39 is 0 Å². The first kappa shape index (κ1) is 18.0. The lowest BCUT2D eigenvalue weighted by Crippen LogP contribution is -2.49. The van der Waals surface area contributed by atoms with Crippen LogP contribution >= 0.6 is 0 Å². The molecule has 25 heavy (non-hydrogen) atoms. The van der Waals surface area contributed by atoms with Gasteiger partial charge in [0.25, 0.3) is 0 Å². The number of nitrogens with zero attached hydrogens (tertiary/aromatic N) is 4. The molecule has 1 amide bonds. The summed E-state index contributed by atoms with van der Waals surface area (Å²) < 4.78 is 5.48. The highest BCUT2D eigenvalue weighted by molar-refractivity contribution is 5.68. The van der Waals surface area contributed by atoms with Gasteiger partial charge >= 0.3 is 6.09 Å². The van der Waals surface area contributed by atoms with E-state index in [1.807, 2.05) is 4.90 Å². The van der Waals surface area contributed by atoms with E-state index in [9.17, 15) is 4.79 Å². The summed E-state index contributed by atoms with van der Waals surface area (Å²) in [6, 6.07) is 8.57. The molecule has 3 rings (SSSR count). The quantitative estimate of drug-likeness (QED) is 0.826. The van der Waals surface area contributed by atoms with Gasteiger partial charge < -0.3 is 19.4 Å². The van der Waals surface area contributed by atoms with E-state index in [1.165, 1.54) is 11.3 Å². The largest absolute Gasteiger partial charge is 0.448 e. The number of hydrogen-bond acceptors (Lipinski definition) is 5. The lowest BCUT2D eigenvalue weighted by atomic mass is 10.2. The van der Waals surface area contributed by atoms with Crippen molar-refractivity contribution in [1.29, 1.82) is 0 Å². The molecule has 6 nitrogen and oxygen atoms in total. The minimum Gasteiger partial charge on any atom is -0.448 e. The fourth-order valence-corrected chi connectivity index (χ4v) is 3.33. The molecule has 2 aliphatic heterocycles. The van der Waals surface area contributed by atoms with Crippen molar-refractivity contribution >= 4 is 11.8 Å². The molecule has 1 aromatic carbocycles. The number of carbonyl (C=O) groups excluding carboxylic acids is 1. The second-order valence-electron chi connectivity index (χ2n) is 7.07. The average molecular weight is 346 g/mol. The molecular formula is C19H30N4O2. The summed E-state index contributed by atoms with van der Waals surface area (Å²) in [6.45, 7) is 10.9. The van der Waals surface area contributed by atoms with Gasteiger partial charge in [0.15, 0.2) is 0 Å². The molecule has 0 spiro atoms. The number of ether oxygens (including phenoxy) is 1. The zero-order chi connectivity index (χ0) is 17.6. The van der Waals surface area contributed by atoms with E-state index in [2.05, 4.69) is 52.9 Å². The highest BCUT2D eigenvalue weighted by Gasteiger charge is 2.22. The van der Waals surface area contributed by atoms with Crippen LogP contribution in [0.1, 0.15) is 5.56 Å². The van der Waals surface area contributed by atoms with Crippen molar-refractivity contribution in [2.24, 2.45) is 0 Å². The number of piperazine rings is 2. The summed E-state index contributed by atoms with van der Waals surface area (Å²) in [4.78, 5) is 21.1. The van der Waals surface area contributed by atoms with Gasteiger partial charge in [0, 0.05) is 64.6 Å². The smallest absolute Gasteiger partial charge is 0.409 e. The maximum atomic E-state index is 12.2. The average Bonchev–Trinajstić information content (AvgIpc) is 2.64. The van der Waals surface area contributed by atoms with Crippen molar-refractivity contribution in [3.8, 4) is 0 Å². The van der Waals surface area contributed by atoms with E-state index in [-0.39, 0.29) is 6.09 Å². The topological polar surface area (TPSA) is 39.3 Å². The highest BCUT2D eigenvalue weighted by Crippen LogP contribution is 2.17. The predicted molar refractivity (Wildman–Crippen MR) is 100 cm³/mol. The highest BCUT2D eigenvalue weighted by atomic mass is 16.6. The maximum absolute atomic E-state index is 12.2. The summed E-state index contributed by atoms with van der Waals surface area (Å²) in [6.07, 6.45) is -0.169. The predicted octanol–water partition coefficient (Wildman–Crippen LogP) is 1.50. The molecule has 138 valence electrons. The van der Waals surface area contributed by atoms with E-state index in [0.29, 0.717) is 6.61 Å². The lowest BCUT2D eigenvalue weighted by Gasteiger charge is -2.36. The van der Waals surface area contributed by atoms with Gasteiger partial charge in [-0.05, 0) is 26.1 Å². The van der Waals surface area contributed by atoms with Crippen molar-refractivity contribution in [2.75, 3.05) is 77.5 Å². The van der Waals surface area contributed by atoms with Crippen LogP contribution in [0.25, 0.3) is 0 Å². The number of rotatable bonds is 4. The van der Waals surface area contributed by atoms with Crippen LogP contribution in [0.2, 0.25) is 0 Å². The zero-order valence-corrected chi connectivity index (χ0v) is 15.5. The SMILES string of the molecule is Cc1ccc(N2CCN(C(=O)OCCN3CCN(C)CC3)CC2)cc1. The van der Waals surface area contributed by atoms with Crippen LogP contribution in [0.5, 0.6) is 0 Å². The number of likely N-dealkylation sites (N-methyl/N-ethyl adjacent to an activating group) is 1. The molecular weight excluding hydrogens is 316 g/mol. The molecule has 0 aliphatic carbocycles. The van der Waals surface area contributed by atoms with Gasteiger partial charge in [0.2, 0.25) is 0 Å². The van der Waals surface area contributed by atoms with Gasteiger partial charge in [0.05, 0.1) is 0 Å². The van der Waals surface area contributed by atoms with Crippen LogP contribution < -0.4 is 4.90 Å². The molecule has 0 saturated carbocycles. The Bertz CT molecular complexity index is 547. The Hall–Kier alpha value is -1.79. The lowest BCUT2D eigenvalue weighted by molar-refractivity contribution is 0.0779. The number of amides is 1. The molecule has 0 atom stereocenters. The summed E-state index contributed by atoms with van der Waals surface area (Å²) in [5.74, 6) is 0. The fourth-order valence-electron chi connectivity index (χ4n) is 3.33. The van der Waals surface area contributed by atoms with Gasteiger partial charge in [-0.1, -0.05) is 17.7 Å². The van der Waals surface area contributed by atoms with Crippen molar-refractivity contribution < 1.29 is 9.53 Å². The van der Waals surface area contributed by atoms with E-state index in [0.717, 1.165) is 58.9 Å². The monoisotopic (exact) mass is 346 g/mol. The van der Waals surface area contributed by atoms with Gasteiger partial charge in [0.1, 0.15) is 6.61 Å². The van der Waals surface area contributed by atoms with Crippen LogP contribution in [0.3, 0.4) is 0 Å². The van der Waals surface area contributed by atoms with Crippen molar-refractivity contribution in [1.82, 2.24) is 14.7 Å². The van der Waals surface area contributed by atoms with Crippen LogP contribution in [0, 0.1) is 6.92 Å². The molecule has 2 heterocycles. The molecule has 0 aromatic heterocycles. The maximum Gasteiger partial charge on any atom is 0.409 e.